The SMILES string of the molecule is CC1CN(C(=O)NCCC(C)C(=O)O)C(C)CO1. The first-order valence-corrected chi connectivity index (χ1v) is 6.30. The molecule has 18 heavy (non-hydrogen) atoms. The van der Waals surface area contributed by atoms with Crippen LogP contribution in [0, 0.1) is 5.92 Å². The van der Waals surface area contributed by atoms with Crippen LogP contribution in [0.15, 0.2) is 0 Å². The summed E-state index contributed by atoms with van der Waals surface area (Å²) in [5.74, 6) is -1.27. The Labute approximate surface area is 107 Å². The van der Waals surface area contributed by atoms with Gasteiger partial charge in [-0.3, -0.25) is 4.79 Å². The molecule has 0 aromatic heterocycles. The number of carboxylic acid groups (broad SMARTS) is 1. The monoisotopic (exact) mass is 258 g/mol. The van der Waals surface area contributed by atoms with Crippen LogP contribution in [0.4, 0.5) is 4.79 Å². The molecule has 6 nitrogen and oxygen atoms in total. The predicted molar refractivity (Wildman–Crippen MR) is 66.4 cm³/mol. The van der Waals surface area contributed by atoms with Gasteiger partial charge in [-0.05, 0) is 20.3 Å². The van der Waals surface area contributed by atoms with Crippen molar-refractivity contribution < 1.29 is 19.4 Å². The van der Waals surface area contributed by atoms with Gasteiger partial charge in [0.1, 0.15) is 0 Å². The number of rotatable bonds is 4. The first-order valence-electron chi connectivity index (χ1n) is 6.30. The Bertz CT molecular complexity index is 308. The largest absolute Gasteiger partial charge is 0.481 e. The summed E-state index contributed by atoms with van der Waals surface area (Å²) in [5, 5.41) is 11.5. The summed E-state index contributed by atoms with van der Waals surface area (Å²) < 4.78 is 5.45. The molecule has 2 amide bonds. The average Bonchev–Trinajstić information content (AvgIpc) is 2.31. The average molecular weight is 258 g/mol. The van der Waals surface area contributed by atoms with Gasteiger partial charge in [0.2, 0.25) is 0 Å². The van der Waals surface area contributed by atoms with E-state index in [4.69, 9.17) is 9.84 Å². The van der Waals surface area contributed by atoms with E-state index in [2.05, 4.69) is 5.32 Å². The number of aliphatic carboxylic acids is 1. The Hall–Kier alpha value is -1.30. The van der Waals surface area contributed by atoms with E-state index in [1.165, 1.54) is 0 Å². The van der Waals surface area contributed by atoms with E-state index in [0.29, 0.717) is 26.1 Å². The highest BCUT2D eigenvalue weighted by atomic mass is 16.5. The molecule has 6 heteroatoms. The molecule has 0 saturated carbocycles. The van der Waals surface area contributed by atoms with Crippen LogP contribution in [-0.4, -0.2) is 53.8 Å². The summed E-state index contributed by atoms with van der Waals surface area (Å²) in [7, 11) is 0. The molecule has 0 radical (unpaired) electrons. The molecule has 0 bridgehead atoms. The van der Waals surface area contributed by atoms with Gasteiger partial charge in [-0.15, -0.1) is 0 Å². The van der Waals surface area contributed by atoms with Gasteiger partial charge in [0.15, 0.2) is 0 Å². The minimum atomic E-state index is -0.836. The van der Waals surface area contributed by atoms with Crippen molar-refractivity contribution in [2.75, 3.05) is 19.7 Å². The van der Waals surface area contributed by atoms with Gasteiger partial charge >= 0.3 is 12.0 Å². The molecular formula is C12H22N2O4. The van der Waals surface area contributed by atoms with Gasteiger partial charge in [-0.1, -0.05) is 6.92 Å². The number of amides is 2. The Morgan fingerprint density at radius 2 is 2.17 bits per heavy atom. The minimum Gasteiger partial charge on any atom is -0.481 e. The fourth-order valence-electron chi connectivity index (χ4n) is 1.81. The van der Waals surface area contributed by atoms with Crippen molar-refractivity contribution in [1.29, 1.82) is 0 Å². The zero-order valence-electron chi connectivity index (χ0n) is 11.2. The summed E-state index contributed by atoms with van der Waals surface area (Å²) in [5.41, 5.74) is 0. The molecule has 0 aliphatic carbocycles. The van der Waals surface area contributed by atoms with Gasteiger partial charge in [-0.25, -0.2) is 4.79 Å². The van der Waals surface area contributed by atoms with Crippen molar-refractivity contribution in [1.82, 2.24) is 10.2 Å². The topological polar surface area (TPSA) is 78.9 Å². The van der Waals surface area contributed by atoms with E-state index < -0.39 is 11.9 Å². The van der Waals surface area contributed by atoms with Gasteiger partial charge < -0.3 is 20.1 Å². The molecule has 1 fully saturated rings. The number of carboxylic acids is 1. The number of hydrogen-bond acceptors (Lipinski definition) is 3. The molecule has 0 aromatic carbocycles. The number of carbonyl (C=O) groups excluding carboxylic acids is 1. The standard InChI is InChI=1S/C12H22N2O4/c1-8(11(15)16)4-5-13-12(17)14-6-10(3)18-7-9(14)2/h8-10H,4-7H2,1-3H3,(H,13,17)(H,15,16). The fourth-order valence-corrected chi connectivity index (χ4v) is 1.81. The maximum absolute atomic E-state index is 11.9. The Morgan fingerprint density at radius 3 is 2.78 bits per heavy atom. The lowest BCUT2D eigenvalue weighted by atomic mass is 10.1. The number of urea groups is 1. The number of nitrogens with zero attached hydrogens (tertiary/aromatic N) is 1. The maximum Gasteiger partial charge on any atom is 0.317 e. The molecule has 104 valence electrons. The number of carbonyl (C=O) groups is 2. The second-order valence-corrected chi connectivity index (χ2v) is 4.91. The van der Waals surface area contributed by atoms with E-state index in [1.807, 2.05) is 13.8 Å². The zero-order chi connectivity index (χ0) is 13.7. The van der Waals surface area contributed by atoms with Gasteiger partial charge in [-0.2, -0.15) is 0 Å². The molecule has 1 aliphatic rings. The Balaban J connectivity index is 2.33. The van der Waals surface area contributed by atoms with Crippen molar-refractivity contribution in [2.45, 2.75) is 39.3 Å². The molecule has 1 aliphatic heterocycles. The fraction of sp³-hybridized carbons (Fsp3) is 0.833. The second kappa shape index (κ2) is 6.58. The van der Waals surface area contributed by atoms with E-state index in [-0.39, 0.29) is 18.2 Å². The molecule has 0 aromatic rings. The number of ether oxygens (including phenoxy) is 1. The molecule has 3 unspecified atom stereocenters. The van der Waals surface area contributed by atoms with Crippen molar-refractivity contribution >= 4 is 12.0 Å². The first kappa shape index (κ1) is 14.8. The third-order valence-corrected chi connectivity index (χ3v) is 3.14. The van der Waals surface area contributed by atoms with Crippen LogP contribution in [0.25, 0.3) is 0 Å². The predicted octanol–water partition coefficient (Wildman–Crippen LogP) is 0.916. The van der Waals surface area contributed by atoms with Gasteiger partial charge in [0, 0.05) is 13.1 Å². The van der Waals surface area contributed by atoms with Crippen LogP contribution in [0.5, 0.6) is 0 Å². The van der Waals surface area contributed by atoms with Crippen molar-refractivity contribution in [3.05, 3.63) is 0 Å². The quantitative estimate of drug-likeness (QED) is 0.785. The van der Waals surface area contributed by atoms with E-state index in [9.17, 15) is 9.59 Å². The van der Waals surface area contributed by atoms with Crippen LogP contribution in [0.2, 0.25) is 0 Å². The summed E-state index contributed by atoms with van der Waals surface area (Å²) >= 11 is 0. The van der Waals surface area contributed by atoms with Crippen LogP contribution in [-0.2, 0) is 9.53 Å². The molecule has 1 saturated heterocycles. The van der Waals surface area contributed by atoms with Crippen molar-refractivity contribution in [3.8, 4) is 0 Å². The van der Waals surface area contributed by atoms with Crippen molar-refractivity contribution in [2.24, 2.45) is 5.92 Å². The normalized spacial score (nSPS) is 25.6. The zero-order valence-corrected chi connectivity index (χ0v) is 11.2. The minimum absolute atomic E-state index is 0.0462. The van der Waals surface area contributed by atoms with Gasteiger partial charge in [0.25, 0.3) is 0 Å². The lowest BCUT2D eigenvalue weighted by molar-refractivity contribution is -0.141. The molecular weight excluding hydrogens is 236 g/mol. The van der Waals surface area contributed by atoms with E-state index >= 15 is 0 Å². The lowest BCUT2D eigenvalue weighted by Crippen LogP contribution is -2.53. The number of nitrogens with one attached hydrogen (secondary N) is 1. The van der Waals surface area contributed by atoms with Gasteiger partial charge in [0.05, 0.1) is 24.7 Å². The van der Waals surface area contributed by atoms with Crippen LogP contribution in [0.1, 0.15) is 27.2 Å². The van der Waals surface area contributed by atoms with Crippen molar-refractivity contribution in [3.63, 3.8) is 0 Å². The third kappa shape index (κ3) is 4.18. The Morgan fingerprint density at radius 1 is 1.50 bits per heavy atom. The summed E-state index contributed by atoms with van der Waals surface area (Å²) in [4.78, 5) is 24.3. The highest BCUT2D eigenvalue weighted by Gasteiger charge is 2.27. The molecule has 1 heterocycles. The number of morpholine rings is 1. The maximum atomic E-state index is 11.9. The smallest absolute Gasteiger partial charge is 0.317 e. The molecule has 2 N–H and O–H groups in total. The lowest BCUT2D eigenvalue weighted by Gasteiger charge is -2.36. The summed E-state index contributed by atoms with van der Waals surface area (Å²) in [6.07, 6.45) is 0.486. The second-order valence-electron chi connectivity index (χ2n) is 4.91. The van der Waals surface area contributed by atoms with Crippen LogP contribution >= 0.6 is 0 Å². The Kier molecular flexibility index (Phi) is 5.40. The van der Waals surface area contributed by atoms with Crippen LogP contribution in [0.3, 0.4) is 0 Å². The molecule has 0 spiro atoms. The molecule has 1 rings (SSSR count). The third-order valence-electron chi connectivity index (χ3n) is 3.14. The van der Waals surface area contributed by atoms with E-state index in [0.717, 1.165) is 0 Å². The summed E-state index contributed by atoms with van der Waals surface area (Å²) in [6, 6.07) is -0.0895. The van der Waals surface area contributed by atoms with Crippen LogP contribution < -0.4 is 5.32 Å². The highest BCUT2D eigenvalue weighted by molar-refractivity contribution is 5.75. The van der Waals surface area contributed by atoms with E-state index in [1.54, 1.807) is 11.8 Å². The molecule has 3 atom stereocenters. The number of hydrogen-bond donors (Lipinski definition) is 2. The highest BCUT2D eigenvalue weighted by Crippen LogP contribution is 2.11. The summed E-state index contributed by atoms with van der Waals surface area (Å²) in [6.45, 7) is 6.99. The first-order chi connectivity index (χ1) is 8.41.